The fraction of sp³-hybridized carbons (Fsp3) is 0.579. The van der Waals surface area contributed by atoms with Gasteiger partial charge in [0, 0.05) is 12.0 Å². The van der Waals surface area contributed by atoms with Crippen molar-refractivity contribution in [1.29, 1.82) is 0 Å². The summed E-state index contributed by atoms with van der Waals surface area (Å²) in [5.41, 5.74) is -1.76. The number of carbonyl (C=O) groups excluding carboxylic acids is 2. The molecule has 1 unspecified atom stereocenters. The summed E-state index contributed by atoms with van der Waals surface area (Å²) >= 11 is 0. The molecular formula is C19H28N2O5S. The predicted molar refractivity (Wildman–Crippen MR) is 102 cm³/mol. The molecule has 1 aliphatic heterocycles. The minimum absolute atomic E-state index is 0.0382. The van der Waals surface area contributed by atoms with E-state index >= 15 is 0 Å². The summed E-state index contributed by atoms with van der Waals surface area (Å²) in [5, 5.41) is 0. The molecule has 1 N–H and O–H groups in total. The lowest BCUT2D eigenvalue weighted by atomic mass is 9.79. The van der Waals surface area contributed by atoms with E-state index in [2.05, 4.69) is 4.72 Å². The van der Waals surface area contributed by atoms with Gasteiger partial charge in [0.25, 0.3) is 15.9 Å². The van der Waals surface area contributed by atoms with Gasteiger partial charge in [-0.05, 0) is 44.0 Å². The molecule has 1 fully saturated rings. The van der Waals surface area contributed by atoms with E-state index in [0.29, 0.717) is 25.1 Å². The standard InChI is InChI=1S/C19H28N2O5S/c1-6-11-18(2,3)17(23)21-13-12-19(21,4)16(22)20-27(24,25)15-9-7-14(26-5)8-10-15/h7-10H,6,11-13H2,1-5H3,(H,20,22). The van der Waals surface area contributed by atoms with Gasteiger partial charge in [0.15, 0.2) is 0 Å². The zero-order valence-corrected chi connectivity index (χ0v) is 17.4. The Morgan fingerprint density at radius 3 is 2.30 bits per heavy atom. The fourth-order valence-corrected chi connectivity index (χ4v) is 4.34. The van der Waals surface area contributed by atoms with Crippen molar-refractivity contribution in [3.63, 3.8) is 0 Å². The van der Waals surface area contributed by atoms with E-state index in [1.165, 1.54) is 36.3 Å². The number of nitrogens with zero attached hydrogens (tertiary/aromatic N) is 1. The highest BCUT2D eigenvalue weighted by atomic mass is 32.2. The average molecular weight is 397 g/mol. The van der Waals surface area contributed by atoms with Crippen LogP contribution < -0.4 is 9.46 Å². The maximum absolute atomic E-state index is 12.8. The molecule has 2 amide bonds. The molecular weight excluding hydrogens is 368 g/mol. The zero-order valence-electron chi connectivity index (χ0n) is 16.5. The molecule has 1 atom stereocenters. The number of hydrogen-bond donors (Lipinski definition) is 1. The van der Waals surface area contributed by atoms with Crippen molar-refractivity contribution < 1.29 is 22.7 Å². The summed E-state index contributed by atoms with van der Waals surface area (Å²) in [7, 11) is -2.55. The van der Waals surface area contributed by atoms with Gasteiger partial charge >= 0.3 is 0 Å². The number of methoxy groups -OCH3 is 1. The second kappa shape index (κ2) is 7.50. The van der Waals surface area contributed by atoms with E-state index in [0.717, 1.165) is 6.42 Å². The molecule has 1 aromatic carbocycles. The molecule has 27 heavy (non-hydrogen) atoms. The molecule has 0 bridgehead atoms. The summed E-state index contributed by atoms with van der Waals surface area (Å²) in [4.78, 5) is 27.0. The Kier molecular flexibility index (Phi) is 5.89. The Balaban J connectivity index is 2.17. The lowest BCUT2D eigenvalue weighted by Crippen LogP contribution is -2.69. The van der Waals surface area contributed by atoms with Crippen molar-refractivity contribution in [3.8, 4) is 5.75 Å². The highest BCUT2D eigenvalue weighted by Gasteiger charge is 2.52. The van der Waals surface area contributed by atoms with Gasteiger partial charge in [-0.3, -0.25) is 9.59 Å². The Morgan fingerprint density at radius 1 is 1.26 bits per heavy atom. The van der Waals surface area contributed by atoms with Gasteiger partial charge in [-0.15, -0.1) is 0 Å². The van der Waals surface area contributed by atoms with Gasteiger partial charge in [0.1, 0.15) is 11.3 Å². The number of ether oxygens (including phenoxy) is 1. The van der Waals surface area contributed by atoms with E-state index < -0.39 is 26.9 Å². The molecule has 0 radical (unpaired) electrons. The van der Waals surface area contributed by atoms with Crippen molar-refractivity contribution >= 4 is 21.8 Å². The van der Waals surface area contributed by atoms with Crippen LogP contribution in [0.3, 0.4) is 0 Å². The molecule has 0 aromatic heterocycles. The first-order valence-electron chi connectivity index (χ1n) is 9.01. The quantitative estimate of drug-likeness (QED) is 0.763. The molecule has 7 nitrogen and oxygen atoms in total. The number of carbonyl (C=O) groups is 2. The second-order valence-electron chi connectivity index (χ2n) is 7.72. The van der Waals surface area contributed by atoms with Crippen LogP contribution in [0, 0.1) is 5.41 Å². The van der Waals surface area contributed by atoms with Crippen LogP contribution in [0.5, 0.6) is 5.75 Å². The Morgan fingerprint density at radius 2 is 1.85 bits per heavy atom. The van der Waals surface area contributed by atoms with Gasteiger partial charge < -0.3 is 9.64 Å². The number of rotatable bonds is 7. The summed E-state index contributed by atoms with van der Waals surface area (Å²) in [6.07, 6.45) is 1.97. The molecule has 8 heteroatoms. The first-order valence-corrected chi connectivity index (χ1v) is 10.5. The number of sulfonamides is 1. The number of benzene rings is 1. The van der Waals surface area contributed by atoms with Crippen molar-refractivity contribution in [2.45, 2.75) is 57.4 Å². The normalized spacial score (nSPS) is 20.0. The van der Waals surface area contributed by atoms with Crippen molar-refractivity contribution in [2.75, 3.05) is 13.7 Å². The second-order valence-corrected chi connectivity index (χ2v) is 9.41. The van der Waals surface area contributed by atoms with Crippen molar-refractivity contribution in [2.24, 2.45) is 5.41 Å². The number of nitrogens with one attached hydrogen (secondary N) is 1. The monoisotopic (exact) mass is 396 g/mol. The minimum atomic E-state index is -4.03. The van der Waals surface area contributed by atoms with Gasteiger partial charge in [-0.25, -0.2) is 13.1 Å². The van der Waals surface area contributed by atoms with Gasteiger partial charge in [-0.2, -0.15) is 0 Å². The van der Waals surface area contributed by atoms with Crippen molar-refractivity contribution in [3.05, 3.63) is 24.3 Å². The zero-order chi connectivity index (χ0) is 20.5. The average Bonchev–Trinajstić information content (AvgIpc) is 2.59. The number of likely N-dealkylation sites (tertiary alicyclic amines) is 1. The minimum Gasteiger partial charge on any atom is -0.497 e. The first kappa shape index (κ1) is 21.2. The molecule has 2 rings (SSSR count). The van der Waals surface area contributed by atoms with Gasteiger partial charge in [0.2, 0.25) is 5.91 Å². The van der Waals surface area contributed by atoms with Crippen LogP contribution in [-0.4, -0.2) is 44.3 Å². The van der Waals surface area contributed by atoms with Crippen LogP contribution in [0.25, 0.3) is 0 Å². The topological polar surface area (TPSA) is 92.8 Å². The third-order valence-electron chi connectivity index (χ3n) is 5.20. The smallest absolute Gasteiger partial charge is 0.264 e. The lowest BCUT2D eigenvalue weighted by molar-refractivity contribution is -0.163. The third-order valence-corrected chi connectivity index (χ3v) is 6.55. The van der Waals surface area contributed by atoms with Gasteiger partial charge in [-0.1, -0.05) is 27.2 Å². The Bertz CT molecular complexity index is 817. The first-order chi connectivity index (χ1) is 12.5. The number of hydrogen-bond acceptors (Lipinski definition) is 5. The van der Waals surface area contributed by atoms with Crippen LogP contribution in [0.4, 0.5) is 0 Å². The maximum Gasteiger partial charge on any atom is 0.264 e. The summed E-state index contributed by atoms with van der Waals surface area (Å²) in [5.74, 6) is -0.304. The molecule has 1 saturated heterocycles. The molecule has 1 aromatic rings. The highest BCUT2D eigenvalue weighted by Crippen LogP contribution is 2.37. The van der Waals surface area contributed by atoms with E-state index in [1.54, 1.807) is 6.92 Å². The maximum atomic E-state index is 12.8. The predicted octanol–water partition coefficient (Wildman–Crippen LogP) is 2.32. The molecule has 1 aliphatic rings. The summed E-state index contributed by atoms with van der Waals surface area (Å²) < 4.78 is 32.2. The Labute approximate surface area is 161 Å². The SMILES string of the molecule is CCCC(C)(C)C(=O)N1CCC1(C)C(=O)NS(=O)(=O)c1ccc(OC)cc1. The van der Waals surface area contributed by atoms with Crippen LogP contribution >= 0.6 is 0 Å². The summed E-state index contributed by atoms with van der Waals surface area (Å²) in [6, 6.07) is 5.75. The van der Waals surface area contributed by atoms with Crippen LogP contribution in [0.1, 0.15) is 47.0 Å². The van der Waals surface area contributed by atoms with E-state index in [-0.39, 0.29) is 10.8 Å². The van der Waals surface area contributed by atoms with E-state index in [4.69, 9.17) is 4.74 Å². The largest absolute Gasteiger partial charge is 0.497 e. The van der Waals surface area contributed by atoms with Crippen LogP contribution in [0.15, 0.2) is 29.2 Å². The number of amides is 2. The summed E-state index contributed by atoms with van der Waals surface area (Å²) in [6.45, 7) is 7.75. The molecule has 1 heterocycles. The molecule has 0 aliphatic carbocycles. The van der Waals surface area contributed by atoms with Crippen LogP contribution in [0.2, 0.25) is 0 Å². The van der Waals surface area contributed by atoms with E-state index in [1.807, 2.05) is 20.8 Å². The highest BCUT2D eigenvalue weighted by molar-refractivity contribution is 7.90. The van der Waals surface area contributed by atoms with E-state index in [9.17, 15) is 18.0 Å². The van der Waals surface area contributed by atoms with Crippen LogP contribution in [-0.2, 0) is 19.6 Å². The fourth-order valence-electron chi connectivity index (χ4n) is 3.26. The van der Waals surface area contributed by atoms with Gasteiger partial charge in [0.05, 0.1) is 12.0 Å². The Hall–Kier alpha value is -2.09. The third kappa shape index (κ3) is 4.10. The molecule has 0 spiro atoms. The lowest BCUT2D eigenvalue weighted by Gasteiger charge is -2.51. The molecule has 0 saturated carbocycles. The van der Waals surface area contributed by atoms with Crippen molar-refractivity contribution in [1.82, 2.24) is 9.62 Å². The molecule has 150 valence electrons.